The molecule has 0 heterocycles. The van der Waals surface area contributed by atoms with Crippen LogP contribution in [0.4, 0.5) is 15.8 Å². The Labute approximate surface area is 156 Å². The average Bonchev–Trinajstić information content (AvgIpc) is 2.57. The highest BCUT2D eigenvalue weighted by atomic mass is 19.1. The van der Waals surface area contributed by atoms with Gasteiger partial charge in [0.15, 0.2) is 0 Å². The zero-order valence-electron chi connectivity index (χ0n) is 15.3. The van der Waals surface area contributed by atoms with Crippen molar-refractivity contribution in [3.05, 3.63) is 58.9 Å². The summed E-state index contributed by atoms with van der Waals surface area (Å²) in [7, 11) is 0. The number of rotatable bonds is 6. The molecule has 0 unspecified atom stereocenters. The van der Waals surface area contributed by atoms with Crippen LogP contribution in [-0.2, 0) is 4.79 Å². The van der Waals surface area contributed by atoms with Crippen LogP contribution in [0.5, 0.6) is 0 Å². The Balaban J connectivity index is 2.16. The molecular weight excluding hydrogens is 351 g/mol. The molecule has 0 bridgehead atoms. The number of nitrogens with one attached hydrogen (secondary N) is 2. The number of anilines is 2. The lowest BCUT2D eigenvalue weighted by Gasteiger charge is -2.11. The van der Waals surface area contributed by atoms with Gasteiger partial charge in [0.05, 0.1) is 11.3 Å². The first kappa shape index (κ1) is 20.1. The SMILES string of the molecule is Cc1ccc(C(=O)O)cc1NC(=O)c1ccc(NC(=O)CC(C)C)c(F)c1. The molecule has 0 spiro atoms. The summed E-state index contributed by atoms with van der Waals surface area (Å²) in [4.78, 5) is 35.2. The largest absolute Gasteiger partial charge is 0.478 e. The molecule has 0 aromatic heterocycles. The third-order valence-electron chi connectivity index (χ3n) is 3.83. The molecule has 27 heavy (non-hydrogen) atoms. The number of carboxylic acid groups (broad SMARTS) is 1. The molecular formula is C20H21FN2O4. The summed E-state index contributed by atoms with van der Waals surface area (Å²) in [6, 6.07) is 8.08. The normalized spacial score (nSPS) is 10.6. The molecule has 3 N–H and O–H groups in total. The third-order valence-corrected chi connectivity index (χ3v) is 3.83. The number of aromatic carboxylic acids is 1. The van der Waals surface area contributed by atoms with Crippen molar-refractivity contribution in [2.24, 2.45) is 5.92 Å². The summed E-state index contributed by atoms with van der Waals surface area (Å²) in [6.07, 6.45) is 0.265. The third kappa shape index (κ3) is 5.37. The summed E-state index contributed by atoms with van der Waals surface area (Å²) in [6.45, 7) is 5.48. The minimum absolute atomic E-state index is 0.00116. The van der Waals surface area contributed by atoms with E-state index in [0.717, 1.165) is 6.07 Å². The predicted molar refractivity (Wildman–Crippen MR) is 101 cm³/mol. The molecule has 0 saturated heterocycles. The smallest absolute Gasteiger partial charge is 0.335 e. The van der Waals surface area contributed by atoms with Gasteiger partial charge in [-0.05, 0) is 48.7 Å². The van der Waals surface area contributed by atoms with Gasteiger partial charge in [0, 0.05) is 17.7 Å². The van der Waals surface area contributed by atoms with Crippen LogP contribution < -0.4 is 10.6 Å². The number of hydrogen-bond donors (Lipinski definition) is 3. The lowest BCUT2D eigenvalue weighted by Crippen LogP contribution is -2.16. The second-order valence-electron chi connectivity index (χ2n) is 6.63. The molecule has 0 aliphatic heterocycles. The van der Waals surface area contributed by atoms with Crippen molar-refractivity contribution in [1.29, 1.82) is 0 Å². The molecule has 0 aliphatic rings. The Morgan fingerprint density at radius 2 is 1.67 bits per heavy atom. The fourth-order valence-corrected chi connectivity index (χ4v) is 2.41. The Morgan fingerprint density at radius 1 is 1.00 bits per heavy atom. The first-order valence-electron chi connectivity index (χ1n) is 8.42. The molecule has 142 valence electrons. The molecule has 0 fully saturated rings. The van der Waals surface area contributed by atoms with E-state index in [9.17, 15) is 18.8 Å². The Bertz CT molecular complexity index is 894. The van der Waals surface area contributed by atoms with Gasteiger partial charge in [0.2, 0.25) is 5.91 Å². The van der Waals surface area contributed by atoms with Crippen LogP contribution in [0, 0.1) is 18.7 Å². The second-order valence-corrected chi connectivity index (χ2v) is 6.63. The van der Waals surface area contributed by atoms with Crippen molar-refractivity contribution in [3.63, 3.8) is 0 Å². The van der Waals surface area contributed by atoms with Crippen molar-refractivity contribution < 1.29 is 23.9 Å². The number of carboxylic acids is 1. The number of halogens is 1. The monoisotopic (exact) mass is 372 g/mol. The highest BCUT2D eigenvalue weighted by molar-refractivity contribution is 6.05. The topological polar surface area (TPSA) is 95.5 Å². The van der Waals surface area contributed by atoms with E-state index in [1.54, 1.807) is 13.0 Å². The Morgan fingerprint density at radius 3 is 2.26 bits per heavy atom. The number of aryl methyl sites for hydroxylation is 1. The summed E-state index contributed by atoms with van der Waals surface area (Å²) in [5.41, 5.74) is 1.09. The van der Waals surface area contributed by atoms with Crippen molar-refractivity contribution >= 4 is 29.2 Å². The van der Waals surface area contributed by atoms with Crippen molar-refractivity contribution in [3.8, 4) is 0 Å². The van der Waals surface area contributed by atoms with E-state index < -0.39 is 17.7 Å². The summed E-state index contributed by atoms with van der Waals surface area (Å²) < 4.78 is 14.2. The maximum absolute atomic E-state index is 14.2. The van der Waals surface area contributed by atoms with Gasteiger partial charge in [-0.1, -0.05) is 19.9 Å². The second kappa shape index (κ2) is 8.44. The molecule has 2 rings (SSSR count). The van der Waals surface area contributed by atoms with Crippen molar-refractivity contribution in [1.82, 2.24) is 0 Å². The van der Waals surface area contributed by atoms with E-state index in [1.165, 1.54) is 24.3 Å². The van der Waals surface area contributed by atoms with E-state index in [0.29, 0.717) is 11.3 Å². The summed E-state index contributed by atoms with van der Waals surface area (Å²) >= 11 is 0. The highest BCUT2D eigenvalue weighted by Gasteiger charge is 2.14. The lowest BCUT2D eigenvalue weighted by atomic mass is 10.1. The average molecular weight is 372 g/mol. The quantitative estimate of drug-likeness (QED) is 0.712. The van der Waals surface area contributed by atoms with E-state index in [4.69, 9.17) is 5.11 Å². The van der Waals surface area contributed by atoms with Crippen LogP contribution in [0.3, 0.4) is 0 Å². The van der Waals surface area contributed by atoms with Crippen LogP contribution in [0.1, 0.15) is 46.5 Å². The van der Waals surface area contributed by atoms with Crippen molar-refractivity contribution in [2.75, 3.05) is 10.6 Å². The van der Waals surface area contributed by atoms with Gasteiger partial charge in [0.25, 0.3) is 5.91 Å². The number of carbonyl (C=O) groups is 3. The van der Waals surface area contributed by atoms with Gasteiger partial charge in [-0.15, -0.1) is 0 Å². The molecule has 0 aliphatic carbocycles. The highest BCUT2D eigenvalue weighted by Crippen LogP contribution is 2.20. The molecule has 0 radical (unpaired) electrons. The number of amides is 2. The van der Waals surface area contributed by atoms with Gasteiger partial charge >= 0.3 is 5.97 Å². The summed E-state index contributed by atoms with van der Waals surface area (Å²) in [5.74, 6) is -2.58. The zero-order chi connectivity index (χ0) is 20.1. The first-order valence-corrected chi connectivity index (χ1v) is 8.42. The maximum atomic E-state index is 14.2. The van der Waals surface area contributed by atoms with Gasteiger partial charge in [-0.2, -0.15) is 0 Å². The minimum atomic E-state index is -1.11. The molecule has 7 heteroatoms. The van der Waals surface area contributed by atoms with Crippen LogP contribution in [-0.4, -0.2) is 22.9 Å². The van der Waals surface area contributed by atoms with Gasteiger partial charge in [-0.3, -0.25) is 9.59 Å². The standard InChI is InChI=1S/C20H21FN2O4/c1-11(2)8-18(24)22-16-7-6-13(9-15(16)21)19(25)23-17-10-14(20(26)27)5-4-12(17)3/h4-7,9-11H,8H2,1-3H3,(H,22,24)(H,23,25)(H,26,27). The molecule has 2 aromatic carbocycles. The number of benzene rings is 2. The first-order chi connectivity index (χ1) is 12.7. The van der Waals surface area contributed by atoms with Gasteiger partial charge in [0.1, 0.15) is 5.82 Å². The van der Waals surface area contributed by atoms with Gasteiger partial charge in [-0.25, -0.2) is 9.18 Å². The zero-order valence-corrected chi connectivity index (χ0v) is 15.3. The van der Waals surface area contributed by atoms with Crippen LogP contribution in [0.2, 0.25) is 0 Å². The van der Waals surface area contributed by atoms with E-state index in [-0.39, 0.29) is 35.1 Å². The van der Waals surface area contributed by atoms with Gasteiger partial charge < -0.3 is 15.7 Å². The lowest BCUT2D eigenvalue weighted by molar-refractivity contribution is -0.116. The fraction of sp³-hybridized carbons (Fsp3) is 0.250. The Kier molecular flexibility index (Phi) is 6.28. The fourth-order valence-electron chi connectivity index (χ4n) is 2.41. The molecule has 0 atom stereocenters. The van der Waals surface area contributed by atoms with E-state index in [1.807, 2.05) is 13.8 Å². The molecule has 2 amide bonds. The molecule has 6 nitrogen and oxygen atoms in total. The van der Waals surface area contributed by atoms with Crippen molar-refractivity contribution in [2.45, 2.75) is 27.2 Å². The molecule has 2 aromatic rings. The van der Waals surface area contributed by atoms with Crippen LogP contribution >= 0.6 is 0 Å². The molecule has 0 saturated carbocycles. The van der Waals surface area contributed by atoms with E-state index >= 15 is 0 Å². The van der Waals surface area contributed by atoms with E-state index in [2.05, 4.69) is 10.6 Å². The maximum Gasteiger partial charge on any atom is 0.335 e. The van der Waals surface area contributed by atoms with Crippen LogP contribution in [0.25, 0.3) is 0 Å². The number of carbonyl (C=O) groups excluding carboxylic acids is 2. The number of hydrogen-bond acceptors (Lipinski definition) is 3. The van der Waals surface area contributed by atoms with Crippen LogP contribution in [0.15, 0.2) is 36.4 Å². The summed E-state index contributed by atoms with van der Waals surface area (Å²) in [5, 5.41) is 14.1. The Hall–Kier alpha value is -3.22. The predicted octanol–water partition coefficient (Wildman–Crippen LogP) is 4.07. The minimum Gasteiger partial charge on any atom is -0.478 e.